The Balaban J connectivity index is 1.72. The molecular weight excluding hydrogens is 396 g/mol. The molecule has 4 nitrogen and oxygen atoms in total. The summed E-state index contributed by atoms with van der Waals surface area (Å²) in [6, 6.07) is 6.18. The summed E-state index contributed by atoms with van der Waals surface area (Å²) in [5.41, 5.74) is 4.43. The smallest absolute Gasteiger partial charge is 0.277 e. The third-order valence-electron chi connectivity index (χ3n) is 7.13. The molecule has 2 aliphatic rings. The fourth-order valence-electron chi connectivity index (χ4n) is 5.03. The number of carbonyl (C=O) groups excluding carboxylic acids is 2. The van der Waals surface area contributed by atoms with Gasteiger partial charge in [0.2, 0.25) is 0 Å². The maximum absolute atomic E-state index is 13.5. The molecule has 32 heavy (non-hydrogen) atoms. The van der Waals surface area contributed by atoms with Crippen LogP contribution in [0.25, 0.3) is 5.57 Å². The summed E-state index contributed by atoms with van der Waals surface area (Å²) < 4.78 is 0. The van der Waals surface area contributed by atoms with Crippen molar-refractivity contribution in [2.45, 2.75) is 91.9 Å². The molecule has 3 rings (SSSR count). The molecule has 0 saturated carbocycles. The van der Waals surface area contributed by atoms with Crippen molar-refractivity contribution in [1.82, 2.24) is 9.80 Å². The number of hydrogen-bond acceptors (Lipinski definition) is 3. The molecule has 0 bridgehead atoms. The zero-order chi connectivity index (χ0) is 23.1. The second-order valence-electron chi connectivity index (χ2n) is 9.95. The Bertz CT molecular complexity index is 834. The van der Waals surface area contributed by atoms with Crippen molar-refractivity contribution in [2.24, 2.45) is 5.92 Å². The Morgan fingerprint density at radius 1 is 0.875 bits per heavy atom. The van der Waals surface area contributed by atoms with Crippen LogP contribution in [0, 0.1) is 19.8 Å². The third kappa shape index (κ3) is 5.82. The van der Waals surface area contributed by atoms with Crippen molar-refractivity contribution >= 4 is 17.4 Å². The predicted octanol–water partition coefficient (Wildman–Crippen LogP) is 6.26. The number of rotatable bonds is 11. The van der Waals surface area contributed by atoms with Crippen LogP contribution in [-0.4, -0.2) is 41.2 Å². The number of aryl methyl sites for hydroxylation is 2. The highest BCUT2D eigenvalue weighted by Crippen LogP contribution is 2.35. The maximum Gasteiger partial charge on any atom is 0.277 e. The topological polar surface area (TPSA) is 40.6 Å². The molecule has 1 aromatic carbocycles. The minimum atomic E-state index is -0.0986. The highest BCUT2D eigenvalue weighted by Gasteiger charge is 2.42. The van der Waals surface area contributed by atoms with Gasteiger partial charge in [-0.25, -0.2) is 0 Å². The number of likely N-dealkylation sites (tertiary alicyclic amines) is 1. The third-order valence-corrected chi connectivity index (χ3v) is 7.13. The molecule has 176 valence electrons. The van der Waals surface area contributed by atoms with Gasteiger partial charge in [-0.2, -0.15) is 0 Å². The van der Waals surface area contributed by atoms with Crippen molar-refractivity contribution in [2.75, 3.05) is 19.6 Å². The molecule has 4 heteroatoms. The SMILES string of the molecule is CCCCCCCCCCN1C(=O)C(c2ccc(C)cc2C)=C(N2CCC(C)CC2)C1=O. The van der Waals surface area contributed by atoms with E-state index in [1.54, 1.807) is 0 Å². The average Bonchev–Trinajstić information content (AvgIpc) is 3.01. The highest BCUT2D eigenvalue weighted by molar-refractivity contribution is 6.35. The van der Waals surface area contributed by atoms with E-state index < -0.39 is 0 Å². The Kier molecular flexibility index (Phi) is 8.95. The largest absolute Gasteiger partial charge is 0.366 e. The molecule has 0 N–H and O–H groups in total. The van der Waals surface area contributed by atoms with E-state index in [4.69, 9.17) is 0 Å². The predicted molar refractivity (Wildman–Crippen MR) is 132 cm³/mol. The van der Waals surface area contributed by atoms with E-state index in [0.717, 1.165) is 49.9 Å². The molecule has 0 aromatic heterocycles. The molecule has 1 aromatic rings. The van der Waals surface area contributed by atoms with Gasteiger partial charge in [0.25, 0.3) is 11.8 Å². The first kappa shape index (κ1) is 24.5. The number of benzene rings is 1. The molecule has 0 aliphatic carbocycles. The van der Waals surface area contributed by atoms with Crippen LogP contribution in [0.4, 0.5) is 0 Å². The zero-order valence-corrected chi connectivity index (χ0v) is 20.7. The first-order valence-corrected chi connectivity index (χ1v) is 12.9. The summed E-state index contributed by atoms with van der Waals surface area (Å²) in [7, 11) is 0. The van der Waals surface area contributed by atoms with Crippen LogP contribution in [0.5, 0.6) is 0 Å². The number of nitrogens with zero attached hydrogens (tertiary/aromatic N) is 2. The monoisotopic (exact) mass is 438 g/mol. The summed E-state index contributed by atoms with van der Waals surface area (Å²) in [6.07, 6.45) is 11.8. The van der Waals surface area contributed by atoms with Gasteiger partial charge in [0.1, 0.15) is 5.70 Å². The lowest BCUT2D eigenvalue weighted by molar-refractivity contribution is -0.137. The van der Waals surface area contributed by atoms with Crippen molar-refractivity contribution < 1.29 is 9.59 Å². The van der Waals surface area contributed by atoms with Gasteiger partial charge in [-0.15, -0.1) is 0 Å². The number of unbranched alkanes of at least 4 members (excludes halogenated alkanes) is 7. The average molecular weight is 439 g/mol. The lowest BCUT2D eigenvalue weighted by Crippen LogP contribution is -2.38. The first-order valence-electron chi connectivity index (χ1n) is 12.9. The van der Waals surface area contributed by atoms with Gasteiger partial charge in [0, 0.05) is 19.6 Å². The fraction of sp³-hybridized carbons (Fsp3) is 0.643. The summed E-state index contributed by atoms with van der Waals surface area (Å²) in [6.45, 7) is 10.9. The van der Waals surface area contributed by atoms with E-state index >= 15 is 0 Å². The number of imide groups is 1. The lowest BCUT2D eigenvalue weighted by atomic mass is 9.95. The van der Waals surface area contributed by atoms with Gasteiger partial charge in [-0.05, 0) is 50.2 Å². The van der Waals surface area contributed by atoms with Crippen LogP contribution in [0.2, 0.25) is 0 Å². The summed E-state index contributed by atoms with van der Waals surface area (Å²) >= 11 is 0. The maximum atomic E-state index is 13.5. The van der Waals surface area contributed by atoms with Crippen LogP contribution < -0.4 is 0 Å². The summed E-state index contributed by atoms with van der Waals surface area (Å²) in [5, 5.41) is 0. The highest BCUT2D eigenvalue weighted by atomic mass is 16.2. The Labute approximate surface area is 195 Å². The van der Waals surface area contributed by atoms with E-state index in [0.29, 0.717) is 23.7 Å². The van der Waals surface area contributed by atoms with Crippen LogP contribution >= 0.6 is 0 Å². The standard InChI is InChI=1S/C28H42N2O2/c1-5-6-7-8-9-10-11-12-17-30-27(31)25(24-14-13-22(3)20-23(24)4)26(28(30)32)29-18-15-21(2)16-19-29/h13-14,20-21H,5-12,15-19H2,1-4H3. The van der Waals surface area contributed by atoms with Crippen molar-refractivity contribution in [1.29, 1.82) is 0 Å². The number of piperidine rings is 1. The number of amides is 2. The van der Waals surface area contributed by atoms with Crippen LogP contribution in [-0.2, 0) is 9.59 Å². The van der Waals surface area contributed by atoms with E-state index in [9.17, 15) is 9.59 Å². The van der Waals surface area contributed by atoms with Crippen molar-refractivity contribution in [3.05, 3.63) is 40.6 Å². The van der Waals surface area contributed by atoms with Gasteiger partial charge >= 0.3 is 0 Å². The first-order chi connectivity index (χ1) is 15.4. The molecule has 2 heterocycles. The van der Waals surface area contributed by atoms with Gasteiger partial charge in [-0.1, -0.05) is 82.6 Å². The van der Waals surface area contributed by atoms with E-state index in [1.165, 1.54) is 49.0 Å². The summed E-state index contributed by atoms with van der Waals surface area (Å²) in [4.78, 5) is 30.7. The molecule has 0 atom stereocenters. The molecule has 0 radical (unpaired) electrons. The van der Waals surface area contributed by atoms with Gasteiger partial charge < -0.3 is 4.90 Å². The summed E-state index contributed by atoms with van der Waals surface area (Å²) in [5.74, 6) is 0.498. The molecule has 2 aliphatic heterocycles. The second-order valence-corrected chi connectivity index (χ2v) is 9.95. The molecule has 0 spiro atoms. The minimum Gasteiger partial charge on any atom is -0.366 e. The lowest BCUT2D eigenvalue weighted by Gasteiger charge is -2.32. The van der Waals surface area contributed by atoms with E-state index in [-0.39, 0.29) is 11.8 Å². The number of carbonyl (C=O) groups is 2. The van der Waals surface area contributed by atoms with Gasteiger partial charge in [0.15, 0.2) is 0 Å². The molecular formula is C28H42N2O2. The minimum absolute atomic E-state index is 0.0810. The quantitative estimate of drug-likeness (QED) is 0.303. The Morgan fingerprint density at radius 2 is 1.50 bits per heavy atom. The van der Waals surface area contributed by atoms with Gasteiger partial charge in [0.05, 0.1) is 5.57 Å². The normalized spacial score (nSPS) is 17.8. The van der Waals surface area contributed by atoms with Crippen molar-refractivity contribution in [3.63, 3.8) is 0 Å². The molecule has 1 saturated heterocycles. The van der Waals surface area contributed by atoms with Crippen LogP contribution in [0.3, 0.4) is 0 Å². The Hall–Kier alpha value is -2.10. The van der Waals surface area contributed by atoms with Gasteiger partial charge in [-0.3, -0.25) is 14.5 Å². The zero-order valence-electron chi connectivity index (χ0n) is 20.7. The van der Waals surface area contributed by atoms with Crippen LogP contribution in [0.15, 0.2) is 23.9 Å². The second kappa shape index (κ2) is 11.7. The van der Waals surface area contributed by atoms with Crippen LogP contribution in [0.1, 0.15) is 94.7 Å². The number of hydrogen-bond donors (Lipinski definition) is 0. The Morgan fingerprint density at radius 3 is 2.12 bits per heavy atom. The van der Waals surface area contributed by atoms with E-state index in [1.807, 2.05) is 19.1 Å². The molecule has 2 amide bonds. The molecule has 0 unspecified atom stereocenters. The molecule has 1 fully saturated rings. The fourth-order valence-corrected chi connectivity index (χ4v) is 5.03. The van der Waals surface area contributed by atoms with E-state index in [2.05, 4.69) is 31.7 Å². The van der Waals surface area contributed by atoms with Crippen molar-refractivity contribution in [3.8, 4) is 0 Å².